The summed E-state index contributed by atoms with van der Waals surface area (Å²) in [5.41, 5.74) is 0. The van der Waals surface area contributed by atoms with E-state index in [4.69, 9.17) is 4.74 Å². The Morgan fingerprint density at radius 2 is 2.17 bits per heavy atom. The fourth-order valence-corrected chi connectivity index (χ4v) is 1.34. The quantitative estimate of drug-likeness (QED) is 0.369. The molecule has 1 aliphatic rings. The molecule has 68 valence electrons. The van der Waals surface area contributed by atoms with E-state index in [1.807, 2.05) is 0 Å². The third-order valence-electron chi connectivity index (χ3n) is 1.91. The third-order valence-corrected chi connectivity index (χ3v) is 2.04. The SMILES string of the molecule is S=C=NCCCN1CCOCC1. The van der Waals surface area contributed by atoms with Crippen molar-refractivity contribution in [1.29, 1.82) is 0 Å². The lowest BCUT2D eigenvalue weighted by Crippen LogP contribution is -2.37. The molecule has 0 radical (unpaired) electrons. The first-order valence-corrected chi connectivity index (χ1v) is 4.68. The first-order chi connectivity index (χ1) is 5.93. The van der Waals surface area contributed by atoms with Crippen molar-refractivity contribution in [3.8, 4) is 0 Å². The highest BCUT2D eigenvalue weighted by atomic mass is 32.1. The Balaban J connectivity index is 2.01. The Kier molecular flexibility index (Phi) is 5.11. The van der Waals surface area contributed by atoms with Crippen LogP contribution in [0, 0.1) is 0 Å². The van der Waals surface area contributed by atoms with Crippen LogP contribution in [0.5, 0.6) is 0 Å². The summed E-state index contributed by atoms with van der Waals surface area (Å²) in [7, 11) is 0. The maximum Gasteiger partial charge on any atom is 0.0594 e. The number of thiocarbonyl (C=S) groups is 1. The van der Waals surface area contributed by atoms with Gasteiger partial charge in [0.25, 0.3) is 0 Å². The monoisotopic (exact) mass is 186 g/mol. The highest BCUT2D eigenvalue weighted by Crippen LogP contribution is 1.97. The standard InChI is InChI=1S/C8H14N2OS/c12-8-9-2-1-3-10-4-6-11-7-5-10/h1-7H2. The van der Waals surface area contributed by atoms with Crippen LogP contribution in [0.25, 0.3) is 0 Å². The normalized spacial score (nSPS) is 18.7. The minimum Gasteiger partial charge on any atom is -0.379 e. The number of rotatable bonds is 4. The van der Waals surface area contributed by atoms with Crippen LogP contribution >= 0.6 is 12.2 Å². The van der Waals surface area contributed by atoms with Crippen molar-refractivity contribution in [1.82, 2.24) is 4.90 Å². The van der Waals surface area contributed by atoms with Crippen LogP contribution in [-0.4, -0.2) is 49.5 Å². The van der Waals surface area contributed by atoms with Crippen molar-refractivity contribution < 1.29 is 4.74 Å². The van der Waals surface area contributed by atoms with Gasteiger partial charge in [-0.1, -0.05) is 0 Å². The zero-order valence-electron chi connectivity index (χ0n) is 7.16. The summed E-state index contributed by atoms with van der Waals surface area (Å²) in [6.07, 6.45) is 1.07. The molecule has 12 heavy (non-hydrogen) atoms. The van der Waals surface area contributed by atoms with E-state index >= 15 is 0 Å². The largest absolute Gasteiger partial charge is 0.379 e. The molecule has 1 fully saturated rings. The maximum atomic E-state index is 5.23. The van der Waals surface area contributed by atoms with Crippen LogP contribution in [0.1, 0.15) is 6.42 Å². The molecule has 0 aliphatic carbocycles. The van der Waals surface area contributed by atoms with Crippen LogP contribution in [0.4, 0.5) is 0 Å². The summed E-state index contributed by atoms with van der Waals surface area (Å²) in [6.45, 7) is 5.76. The lowest BCUT2D eigenvalue weighted by atomic mass is 10.3. The predicted molar refractivity (Wildman–Crippen MR) is 51.8 cm³/mol. The summed E-state index contributed by atoms with van der Waals surface area (Å²) >= 11 is 4.47. The minimum atomic E-state index is 0.806. The van der Waals surface area contributed by atoms with Gasteiger partial charge >= 0.3 is 0 Å². The van der Waals surface area contributed by atoms with Gasteiger partial charge in [0.05, 0.1) is 24.9 Å². The average molecular weight is 186 g/mol. The Morgan fingerprint density at radius 3 is 2.83 bits per heavy atom. The molecule has 1 saturated heterocycles. The third kappa shape index (κ3) is 3.93. The number of hydrogen-bond donors (Lipinski definition) is 0. The summed E-state index contributed by atoms with van der Waals surface area (Å²) < 4.78 is 5.23. The van der Waals surface area contributed by atoms with E-state index in [-0.39, 0.29) is 0 Å². The van der Waals surface area contributed by atoms with Gasteiger partial charge in [-0.2, -0.15) is 0 Å². The number of morpholine rings is 1. The predicted octanol–water partition coefficient (Wildman–Crippen LogP) is 0.811. The Bertz CT molecular complexity index is 162. The smallest absolute Gasteiger partial charge is 0.0594 e. The topological polar surface area (TPSA) is 24.8 Å². The van der Waals surface area contributed by atoms with E-state index in [1.54, 1.807) is 0 Å². The van der Waals surface area contributed by atoms with Crippen LogP contribution in [0.15, 0.2) is 4.99 Å². The van der Waals surface area contributed by atoms with Crippen molar-refractivity contribution in [3.63, 3.8) is 0 Å². The second-order valence-electron chi connectivity index (χ2n) is 2.78. The molecule has 0 saturated carbocycles. The van der Waals surface area contributed by atoms with Gasteiger partial charge in [-0.15, -0.1) is 0 Å². The molecule has 1 aliphatic heterocycles. The van der Waals surface area contributed by atoms with E-state index in [1.165, 1.54) is 0 Å². The van der Waals surface area contributed by atoms with Crippen LogP contribution < -0.4 is 0 Å². The first kappa shape index (κ1) is 9.81. The first-order valence-electron chi connectivity index (χ1n) is 4.27. The highest BCUT2D eigenvalue weighted by Gasteiger charge is 2.08. The molecular weight excluding hydrogens is 172 g/mol. The second-order valence-corrected chi connectivity index (χ2v) is 2.96. The molecule has 0 amide bonds. The van der Waals surface area contributed by atoms with Gasteiger partial charge in [-0.3, -0.25) is 4.90 Å². The van der Waals surface area contributed by atoms with Gasteiger partial charge in [0.15, 0.2) is 0 Å². The van der Waals surface area contributed by atoms with Crippen molar-refractivity contribution >= 4 is 17.4 Å². The molecular formula is C8H14N2OS. The fourth-order valence-electron chi connectivity index (χ4n) is 1.24. The van der Waals surface area contributed by atoms with Crippen LogP contribution in [-0.2, 0) is 4.74 Å². The highest BCUT2D eigenvalue weighted by molar-refractivity contribution is 7.78. The molecule has 0 atom stereocenters. The lowest BCUT2D eigenvalue weighted by Gasteiger charge is -2.25. The van der Waals surface area contributed by atoms with E-state index in [9.17, 15) is 0 Å². The fraction of sp³-hybridized carbons (Fsp3) is 0.875. The number of aliphatic imine (C=N–C) groups is 1. The summed E-state index contributed by atoms with van der Waals surface area (Å²) in [4.78, 5) is 6.25. The second kappa shape index (κ2) is 6.26. The zero-order chi connectivity index (χ0) is 8.65. The molecule has 0 unspecified atom stereocenters. The molecule has 0 spiro atoms. The number of hydrogen-bond acceptors (Lipinski definition) is 4. The lowest BCUT2D eigenvalue weighted by molar-refractivity contribution is 0.0377. The Morgan fingerprint density at radius 1 is 1.42 bits per heavy atom. The van der Waals surface area contributed by atoms with Crippen molar-refractivity contribution in [2.45, 2.75) is 6.42 Å². The van der Waals surface area contributed by atoms with Crippen molar-refractivity contribution in [2.75, 3.05) is 39.4 Å². The van der Waals surface area contributed by atoms with Gasteiger partial charge in [0.2, 0.25) is 0 Å². The number of isothiocyanates is 1. The van der Waals surface area contributed by atoms with Gasteiger partial charge in [-0.05, 0) is 18.6 Å². The molecule has 0 aromatic rings. The zero-order valence-corrected chi connectivity index (χ0v) is 7.98. The maximum absolute atomic E-state index is 5.23. The van der Waals surface area contributed by atoms with Crippen molar-refractivity contribution in [3.05, 3.63) is 0 Å². The summed E-state index contributed by atoms with van der Waals surface area (Å²) in [6, 6.07) is 0. The number of ether oxygens (including phenoxy) is 1. The molecule has 1 rings (SSSR count). The number of nitrogens with zero attached hydrogens (tertiary/aromatic N) is 2. The molecule has 0 bridgehead atoms. The molecule has 0 aromatic heterocycles. The van der Waals surface area contributed by atoms with Gasteiger partial charge < -0.3 is 4.74 Å². The van der Waals surface area contributed by atoms with Gasteiger partial charge in [0, 0.05) is 19.6 Å². The van der Waals surface area contributed by atoms with Gasteiger partial charge in [-0.25, -0.2) is 4.99 Å². The molecule has 1 heterocycles. The summed E-state index contributed by atoms with van der Waals surface area (Å²) in [5.74, 6) is 0. The van der Waals surface area contributed by atoms with E-state index in [0.29, 0.717) is 0 Å². The minimum absolute atomic E-state index is 0.806. The van der Waals surface area contributed by atoms with Crippen LogP contribution in [0.2, 0.25) is 0 Å². The molecule has 4 heteroatoms. The van der Waals surface area contributed by atoms with E-state index in [0.717, 1.165) is 45.8 Å². The van der Waals surface area contributed by atoms with Crippen LogP contribution in [0.3, 0.4) is 0 Å². The average Bonchev–Trinajstić information content (AvgIpc) is 2.14. The Hall–Kier alpha value is -0.280. The van der Waals surface area contributed by atoms with E-state index in [2.05, 4.69) is 27.3 Å². The van der Waals surface area contributed by atoms with E-state index < -0.39 is 0 Å². The molecule has 3 nitrogen and oxygen atoms in total. The van der Waals surface area contributed by atoms with Gasteiger partial charge in [0.1, 0.15) is 0 Å². The molecule has 0 N–H and O–H groups in total. The van der Waals surface area contributed by atoms with Crippen molar-refractivity contribution in [2.24, 2.45) is 4.99 Å². The summed E-state index contributed by atoms with van der Waals surface area (Å²) in [5, 5.41) is 2.37. The molecule has 0 aromatic carbocycles. The Labute approximate surface area is 78.4 Å².